The van der Waals surface area contributed by atoms with E-state index in [2.05, 4.69) is 44.7 Å². The lowest BCUT2D eigenvalue weighted by molar-refractivity contribution is -0.143. The van der Waals surface area contributed by atoms with Crippen LogP contribution in [0.3, 0.4) is 0 Å². The van der Waals surface area contributed by atoms with Crippen molar-refractivity contribution >= 4 is 5.97 Å². The van der Waals surface area contributed by atoms with Crippen molar-refractivity contribution in [3.63, 3.8) is 0 Å². The number of hydrogen-bond acceptors (Lipinski definition) is 4. The van der Waals surface area contributed by atoms with Gasteiger partial charge in [-0.25, -0.2) is 0 Å². The molecule has 0 fully saturated rings. The van der Waals surface area contributed by atoms with Crippen LogP contribution < -0.4 is 0 Å². The van der Waals surface area contributed by atoms with E-state index in [0.717, 1.165) is 25.4 Å². The average Bonchev–Trinajstić information content (AvgIpc) is 2.42. The summed E-state index contributed by atoms with van der Waals surface area (Å²) in [6, 6.07) is 0.669. The first-order valence-corrected chi connectivity index (χ1v) is 8.91. The highest BCUT2D eigenvalue weighted by molar-refractivity contribution is 5.69. The Morgan fingerprint density at radius 2 is 1.59 bits per heavy atom. The Balaban J connectivity index is 3.59. The molecule has 0 saturated carbocycles. The number of hydrogen-bond donors (Lipinski definition) is 0. The molecule has 132 valence electrons. The fourth-order valence-electron chi connectivity index (χ4n) is 2.66. The fraction of sp³-hybridized carbons (Fsp3) is 0.944. The largest absolute Gasteiger partial charge is 0.466 e. The second-order valence-electron chi connectivity index (χ2n) is 6.88. The van der Waals surface area contributed by atoms with E-state index in [4.69, 9.17) is 4.74 Å². The molecule has 0 rings (SSSR count). The molecule has 22 heavy (non-hydrogen) atoms. The summed E-state index contributed by atoms with van der Waals surface area (Å²) in [6.07, 6.45) is 5.15. The summed E-state index contributed by atoms with van der Waals surface area (Å²) in [5.74, 6) is 0.694. The molecule has 0 aromatic rings. The molecule has 0 aliphatic carbocycles. The quantitative estimate of drug-likeness (QED) is 0.385. The molecule has 4 heteroatoms. The minimum atomic E-state index is -0.0725. The molecule has 0 spiro atoms. The zero-order valence-corrected chi connectivity index (χ0v) is 15.7. The van der Waals surface area contributed by atoms with E-state index < -0.39 is 0 Å². The van der Waals surface area contributed by atoms with E-state index in [1.165, 1.54) is 25.8 Å². The van der Waals surface area contributed by atoms with Gasteiger partial charge in [-0.3, -0.25) is 4.79 Å². The van der Waals surface area contributed by atoms with Crippen molar-refractivity contribution in [2.24, 2.45) is 5.92 Å². The highest BCUT2D eigenvalue weighted by Crippen LogP contribution is 2.10. The van der Waals surface area contributed by atoms with E-state index in [9.17, 15) is 4.79 Å². The SMILES string of the molecule is CCOC(=O)CCCN(C)CCCCN(C)C(C)CC(C)C. The van der Waals surface area contributed by atoms with E-state index in [0.29, 0.717) is 19.1 Å². The number of ether oxygens (including phenoxy) is 1. The molecule has 4 nitrogen and oxygen atoms in total. The number of rotatable bonds is 13. The van der Waals surface area contributed by atoms with Gasteiger partial charge in [-0.15, -0.1) is 0 Å². The Morgan fingerprint density at radius 1 is 1.00 bits per heavy atom. The monoisotopic (exact) mass is 314 g/mol. The minimum absolute atomic E-state index is 0.0725. The van der Waals surface area contributed by atoms with Crippen LogP contribution in [0.25, 0.3) is 0 Å². The minimum Gasteiger partial charge on any atom is -0.466 e. The van der Waals surface area contributed by atoms with Crippen LogP contribution >= 0.6 is 0 Å². The first-order valence-electron chi connectivity index (χ1n) is 8.91. The van der Waals surface area contributed by atoms with Crippen LogP contribution in [-0.4, -0.2) is 62.1 Å². The second-order valence-corrected chi connectivity index (χ2v) is 6.88. The molecule has 0 radical (unpaired) electrons. The number of carbonyl (C=O) groups excluding carboxylic acids is 1. The summed E-state index contributed by atoms with van der Waals surface area (Å²) in [6.45, 7) is 12.5. The first-order chi connectivity index (χ1) is 10.4. The molecule has 1 atom stereocenters. The highest BCUT2D eigenvalue weighted by Gasteiger charge is 2.10. The van der Waals surface area contributed by atoms with Crippen LogP contribution in [0.4, 0.5) is 0 Å². The molecule has 0 aliphatic rings. The molecule has 0 amide bonds. The Morgan fingerprint density at radius 3 is 2.18 bits per heavy atom. The van der Waals surface area contributed by atoms with Gasteiger partial charge >= 0.3 is 5.97 Å². The third-order valence-electron chi connectivity index (χ3n) is 4.09. The second kappa shape index (κ2) is 12.9. The molecule has 0 N–H and O–H groups in total. The lowest BCUT2D eigenvalue weighted by Gasteiger charge is -2.26. The van der Waals surface area contributed by atoms with Crippen LogP contribution in [0.15, 0.2) is 0 Å². The number of esters is 1. The van der Waals surface area contributed by atoms with E-state index in [1.807, 2.05) is 6.92 Å². The summed E-state index contributed by atoms with van der Waals surface area (Å²) in [5.41, 5.74) is 0. The predicted molar refractivity (Wildman–Crippen MR) is 94.1 cm³/mol. The number of nitrogens with zero attached hydrogens (tertiary/aromatic N) is 2. The topological polar surface area (TPSA) is 32.8 Å². The van der Waals surface area contributed by atoms with Crippen molar-refractivity contribution in [2.75, 3.05) is 40.3 Å². The maximum Gasteiger partial charge on any atom is 0.305 e. The van der Waals surface area contributed by atoms with Crippen LogP contribution in [-0.2, 0) is 9.53 Å². The lowest BCUT2D eigenvalue weighted by atomic mass is 10.0. The zero-order chi connectivity index (χ0) is 17.0. The molecule has 0 aliphatic heterocycles. The Labute approximate surface area is 138 Å². The normalized spacial score (nSPS) is 13.1. The fourth-order valence-corrected chi connectivity index (χ4v) is 2.66. The molecule has 0 aromatic carbocycles. The molecule has 0 heterocycles. The summed E-state index contributed by atoms with van der Waals surface area (Å²) >= 11 is 0. The van der Waals surface area contributed by atoms with Crippen molar-refractivity contribution in [2.45, 2.75) is 65.8 Å². The maximum absolute atomic E-state index is 11.3. The smallest absolute Gasteiger partial charge is 0.305 e. The Hall–Kier alpha value is -0.610. The van der Waals surface area contributed by atoms with E-state index in [1.54, 1.807) is 0 Å². The van der Waals surface area contributed by atoms with Crippen LogP contribution in [0.2, 0.25) is 0 Å². The van der Waals surface area contributed by atoms with Crippen molar-refractivity contribution in [1.82, 2.24) is 9.80 Å². The number of unbranched alkanes of at least 4 members (excludes halogenated alkanes) is 1. The van der Waals surface area contributed by atoms with Gasteiger partial charge in [0.1, 0.15) is 0 Å². The van der Waals surface area contributed by atoms with Crippen molar-refractivity contribution in [3.8, 4) is 0 Å². The van der Waals surface area contributed by atoms with E-state index in [-0.39, 0.29) is 5.97 Å². The van der Waals surface area contributed by atoms with Crippen LogP contribution in [0.1, 0.15) is 59.8 Å². The molecule has 0 bridgehead atoms. The predicted octanol–water partition coefficient (Wildman–Crippen LogP) is 3.41. The van der Waals surface area contributed by atoms with Gasteiger partial charge in [0.25, 0.3) is 0 Å². The highest BCUT2D eigenvalue weighted by atomic mass is 16.5. The average molecular weight is 315 g/mol. The van der Waals surface area contributed by atoms with Gasteiger partial charge in [0.15, 0.2) is 0 Å². The van der Waals surface area contributed by atoms with Gasteiger partial charge < -0.3 is 14.5 Å². The maximum atomic E-state index is 11.3. The van der Waals surface area contributed by atoms with E-state index >= 15 is 0 Å². The summed E-state index contributed by atoms with van der Waals surface area (Å²) in [7, 11) is 4.37. The van der Waals surface area contributed by atoms with Crippen LogP contribution in [0, 0.1) is 5.92 Å². The van der Waals surface area contributed by atoms with Gasteiger partial charge in [0.05, 0.1) is 6.61 Å². The van der Waals surface area contributed by atoms with Crippen molar-refractivity contribution < 1.29 is 9.53 Å². The molecular weight excluding hydrogens is 276 g/mol. The number of carbonyl (C=O) groups is 1. The summed E-state index contributed by atoms with van der Waals surface area (Å²) in [5, 5.41) is 0. The van der Waals surface area contributed by atoms with Gasteiger partial charge in [0, 0.05) is 12.5 Å². The van der Waals surface area contributed by atoms with Gasteiger partial charge in [-0.1, -0.05) is 13.8 Å². The summed E-state index contributed by atoms with van der Waals surface area (Å²) < 4.78 is 4.94. The van der Waals surface area contributed by atoms with Gasteiger partial charge in [-0.05, 0) is 79.2 Å². The molecule has 0 aromatic heterocycles. The summed E-state index contributed by atoms with van der Waals surface area (Å²) in [4.78, 5) is 16.0. The zero-order valence-electron chi connectivity index (χ0n) is 15.7. The van der Waals surface area contributed by atoms with Crippen molar-refractivity contribution in [3.05, 3.63) is 0 Å². The Kier molecular flexibility index (Phi) is 12.5. The molecule has 1 unspecified atom stereocenters. The molecular formula is C18H38N2O2. The third-order valence-corrected chi connectivity index (χ3v) is 4.09. The molecule has 0 saturated heterocycles. The van der Waals surface area contributed by atoms with Crippen LogP contribution in [0.5, 0.6) is 0 Å². The van der Waals surface area contributed by atoms with Crippen molar-refractivity contribution in [1.29, 1.82) is 0 Å². The van der Waals surface area contributed by atoms with Gasteiger partial charge in [-0.2, -0.15) is 0 Å². The lowest BCUT2D eigenvalue weighted by Crippen LogP contribution is -2.31. The van der Waals surface area contributed by atoms with Gasteiger partial charge in [0.2, 0.25) is 0 Å². The Bertz CT molecular complexity index is 282. The first kappa shape index (κ1) is 21.4. The third kappa shape index (κ3) is 12.0. The standard InChI is InChI=1S/C18H38N2O2/c1-7-22-18(21)11-10-13-19(5)12-8-9-14-20(6)17(4)15-16(2)3/h16-17H,7-15H2,1-6H3.